The molecule has 0 bridgehead atoms. The predicted octanol–water partition coefficient (Wildman–Crippen LogP) is 2.06. The van der Waals surface area contributed by atoms with Gasteiger partial charge in [-0.3, -0.25) is 14.7 Å². The zero-order valence-corrected chi connectivity index (χ0v) is 17.1. The van der Waals surface area contributed by atoms with Crippen LogP contribution >= 0.6 is 0 Å². The second-order valence-corrected chi connectivity index (χ2v) is 8.11. The van der Waals surface area contributed by atoms with Gasteiger partial charge in [0, 0.05) is 45.8 Å². The van der Waals surface area contributed by atoms with Crippen LogP contribution in [0, 0.1) is 5.92 Å². The Bertz CT molecular complexity index is 437. The molecule has 2 rings (SSSR count). The van der Waals surface area contributed by atoms with Gasteiger partial charge in [-0.05, 0) is 26.2 Å². The molecule has 0 aromatic carbocycles. The van der Waals surface area contributed by atoms with Crippen molar-refractivity contribution in [3.05, 3.63) is 0 Å². The zero-order chi connectivity index (χ0) is 18.8. The summed E-state index contributed by atoms with van der Waals surface area (Å²) < 4.78 is 0. The van der Waals surface area contributed by atoms with E-state index in [1.54, 1.807) is 0 Å². The third kappa shape index (κ3) is 7.52. The highest BCUT2D eigenvalue weighted by Gasteiger charge is 2.21. The van der Waals surface area contributed by atoms with Gasteiger partial charge in [-0.25, -0.2) is 0 Å². The number of hydrogen-bond acceptors (Lipinski definition) is 3. The summed E-state index contributed by atoms with van der Waals surface area (Å²) in [6.45, 7) is 9.18. The molecule has 26 heavy (non-hydrogen) atoms. The Balaban J connectivity index is 1.59. The van der Waals surface area contributed by atoms with Crippen molar-refractivity contribution in [1.29, 1.82) is 0 Å². The largest absolute Gasteiger partial charge is 0.356 e. The minimum absolute atomic E-state index is 0.123. The summed E-state index contributed by atoms with van der Waals surface area (Å²) in [6.07, 6.45) is 9.75. The molecule has 2 fully saturated rings. The molecule has 6 nitrogen and oxygen atoms in total. The maximum atomic E-state index is 11.9. The average Bonchev–Trinajstić information content (AvgIpc) is 3.12. The summed E-state index contributed by atoms with van der Waals surface area (Å²) in [7, 11) is 1.86. The van der Waals surface area contributed by atoms with Crippen LogP contribution in [0.2, 0.25) is 0 Å². The molecule has 1 aliphatic heterocycles. The standard InChI is InChI=1S/C20H39N5O/c1-17(2)23-19(26)16-24-12-14-25(15-13-24)20(21-3)22-11-7-6-10-18-8-4-5-9-18/h17-18H,4-16H2,1-3H3,(H,21,22)(H,23,26). The fourth-order valence-corrected chi connectivity index (χ4v) is 4.08. The summed E-state index contributed by atoms with van der Waals surface area (Å²) in [5, 5.41) is 6.49. The van der Waals surface area contributed by atoms with Crippen LogP contribution in [0.5, 0.6) is 0 Å². The fourth-order valence-electron chi connectivity index (χ4n) is 4.08. The zero-order valence-electron chi connectivity index (χ0n) is 17.1. The summed E-state index contributed by atoms with van der Waals surface area (Å²) in [5.41, 5.74) is 0. The maximum absolute atomic E-state index is 11.9. The van der Waals surface area contributed by atoms with Crippen LogP contribution in [0.3, 0.4) is 0 Å². The van der Waals surface area contributed by atoms with E-state index in [4.69, 9.17) is 0 Å². The van der Waals surface area contributed by atoms with Crippen molar-refractivity contribution < 1.29 is 4.79 Å². The summed E-state index contributed by atoms with van der Waals surface area (Å²) >= 11 is 0. The summed E-state index contributed by atoms with van der Waals surface area (Å²) in [6, 6.07) is 0.209. The third-order valence-electron chi connectivity index (χ3n) is 5.50. The molecule has 1 amide bonds. The molecule has 1 saturated carbocycles. The van der Waals surface area contributed by atoms with Crippen LogP contribution < -0.4 is 10.6 Å². The van der Waals surface area contributed by atoms with Crippen molar-refractivity contribution in [2.45, 2.75) is 64.8 Å². The Morgan fingerprint density at radius 2 is 1.81 bits per heavy atom. The van der Waals surface area contributed by atoms with E-state index in [2.05, 4.69) is 25.4 Å². The van der Waals surface area contributed by atoms with Crippen LogP contribution in [-0.4, -0.2) is 74.0 Å². The number of unbranched alkanes of at least 4 members (excludes halogenated alkanes) is 1. The smallest absolute Gasteiger partial charge is 0.234 e. The van der Waals surface area contributed by atoms with Gasteiger partial charge in [-0.15, -0.1) is 0 Å². The Kier molecular flexibility index (Phi) is 9.23. The lowest BCUT2D eigenvalue weighted by Crippen LogP contribution is -2.54. The second-order valence-electron chi connectivity index (χ2n) is 8.11. The third-order valence-corrected chi connectivity index (χ3v) is 5.50. The molecular weight excluding hydrogens is 326 g/mol. The van der Waals surface area contributed by atoms with E-state index in [1.165, 1.54) is 44.9 Å². The van der Waals surface area contributed by atoms with Gasteiger partial charge in [0.15, 0.2) is 5.96 Å². The van der Waals surface area contributed by atoms with Crippen LogP contribution in [0.15, 0.2) is 4.99 Å². The van der Waals surface area contributed by atoms with Crippen LogP contribution in [0.4, 0.5) is 0 Å². The molecular formula is C20H39N5O. The van der Waals surface area contributed by atoms with Gasteiger partial charge in [-0.1, -0.05) is 38.5 Å². The number of aliphatic imine (C=N–C) groups is 1. The van der Waals surface area contributed by atoms with Gasteiger partial charge >= 0.3 is 0 Å². The van der Waals surface area contributed by atoms with E-state index in [0.29, 0.717) is 6.54 Å². The quantitative estimate of drug-likeness (QED) is 0.393. The molecule has 0 atom stereocenters. The number of carbonyl (C=O) groups excluding carboxylic acids is 1. The number of guanidine groups is 1. The molecule has 0 radical (unpaired) electrons. The highest BCUT2D eigenvalue weighted by Crippen LogP contribution is 2.28. The number of amides is 1. The Morgan fingerprint density at radius 3 is 2.42 bits per heavy atom. The van der Waals surface area contributed by atoms with Crippen LogP contribution in [-0.2, 0) is 4.79 Å². The number of carbonyl (C=O) groups is 1. The van der Waals surface area contributed by atoms with Crippen molar-refractivity contribution in [1.82, 2.24) is 20.4 Å². The van der Waals surface area contributed by atoms with Gasteiger partial charge in [0.1, 0.15) is 0 Å². The Hall–Kier alpha value is -1.30. The maximum Gasteiger partial charge on any atom is 0.234 e. The average molecular weight is 366 g/mol. The molecule has 2 N–H and O–H groups in total. The molecule has 150 valence electrons. The second kappa shape index (κ2) is 11.4. The minimum atomic E-state index is 0.123. The van der Waals surface area contributed by atoms with E-state index in [9.17, 15) is 4.79 Å². The van der Waals surface area contributed by atoms with Gasteiger partial charge in [0.2, 0.25) is 5.91 Å². The SMILES string of the molecule is CN=C(NCCCCC1CCCC1)N1CCN(CC(=O)NC(C)C)CC1. The lowest BCUT2D eigenvalue weighted by molar-refractivity contribution is -0.123. The summed E-state index contributed by atoms with van der Waals surface area (Å²) in [5.74, 6) is 2.13. The Labute approximate surface area is 159 Å². The number of nitrogens with zero attached hydrogens (tertiary/aromatic N) is 3. The lowest BCUT2D eigenvalue weighted by Gasteiger charge is -2.36. The number of hydrogen-bond donors (Lipinski definition) is 2. The fraction of sp³-hybridized carbons (Fsp3) is 0.900. The van der Waals surface area contributed by atoms with Crippen molar-refractivity contribution in [2.75, 3.05) is 46.3 Å². The molecule has 0 spiro atoms. The van der Waals surface area contributed by atoms with E-state index in [1.807, 2.05) is 20.9 Å². The van der Waals surface area contributed by atoms with Gasteiger partial charge in [0.05, 0.1) is 6.54 Å². The first kappa shape index (κ1) is 21.0. The monoisotopic (exact) mass is 365 g/mol. The van der Waals surface area contributed by atoms with E-state index < -0.39 is 0 Å². The highest BCUT2D eigenvalue weighted by atomic mass is 16.2. The number of nitrogens with one attached hydrogen (secondary N) is 2. The van der Waals surface area contributed by atoms with Gasteiger partial charge in [-0.2, -0.15) is 0 Å². The van der Waals surface area contributed by atoms with Crippen molar-refractivity contribution in [3.8, 4) is 0 Å². The first-order chi connectivity index (χ1) is 12.6. The minimum Gasteiger partial charge on any atom is -0.356 e. The molecule has 0 aromatic heterocycles. The number of rotatable bonds is 8. The summed E-state index contributed by atoms with van der Waals surface area (Å²) in [4.78, 5) is 20.9. The first-order valence-corrected chi connectivity index (χ1v) is 10.6. The van der Waals surface area contributed by atoms with Gasteiger partial charge < -0.3 is 15.5 Å². The molecule has 1 saturated heterocycles. The van der Waals surface area contributed by atoms with Crippen LogP contribution in [0.25, 0.3) is 0 Å². The van der Waals surface area contributed by atoms with E-state index >= 15 is 0 Å². The Morgan fingerprint density at radius 1 is 1.12 bits per heavy atom. The highest BCUT2D eigenvalue weighted by molar-refractivity contribution is 5.80. The molecule has 0 aromatic rings. The van der Waals surface area contributed by atoms with Crippen molar-refractivity contribution in [3.63, 3.8) is 0 Å². The normalized spacial score (nSPS) is 20.0. The van der Waals surface area contributed by atoms with Crippen LogP contribution in [0.1, 0.15) is 58.8 Å². The first-order valence-electron chi connectivity index (χ1n) is 10.6. The van der Waals surface area contributed by atoms with E-state index in [0.717, 1.165) is 44.6 Å². The topological polar surface area (TPSA) is 60.0 Å². The molecule has 1 heterocycles. The van der Waals surface area contributed by atoms with Crippen molar-refractivity contribution in [2.24, 2.45) is 10.9 Å². The van der Waals surface area contributed by atoms with Gasteiger partial charge in [0.25, 0.3) is 0 Å². The predicted molar refractivity (Wildman–Crippen MR) is 108 cm³/mol. The molecule has 1 aliphatic carbocycles. The molecule has 2 aliphatic rings. The molecule has 0 unspecified atom stereocenters. The molecule has 6 heteroatoms. The number of piperazine rings is 1. The van der Waals surface area contributed by atoms with E-state index in [-0.39, 0.29) is 11.9 Å². The van der Waals surface area contributed by atoms with Crippen molar-refractivity contribution >= 4 is 11.9 Å². The lowest BCUT2D eigenvalue weighted by atomic mass is 10.0.